The first-order chi connectivity index (χ1) is 19.3. The highest BCUT2D eigenvalue weighted by Crippen LogP contribution is 2.45. The van der Waals surface area contributed by atoms with E-state index < -0.39 is 0 Å². The SMILES string of the molecule is CC1CC=CC=C1c1cc(-c2ccccc2)cc(-n2c3cccc4c3c3c(cccc32)-c2ccccc2C4)c1. The van der Waals surface area contributed by atoms with Crippen LogP contribution in [0.15, 0.2) is 127 Å². The lowest BCUT2D eigenvalue weighted by molar-refractivity contribution is 0.758. The third-order valence-corrected chi connectivity index (χ3v) is 8.64. The van der Waals surface area contributed by atoms with Crippen LogP contribution in [0.1, 0.15) is 30.0 Å². The Kier molecular flexibility index (Phi) is 5.00. The molecule has 39 heavy (non-hydrogen) atoms. The van der Waals surface area contributed by atoms with Crippen molar-refractivity contribution in [3.05, 3.63) is 144 Å². The summed E-state index contributed by atoms with van der Waals surface area (Å²) in [6.07, 6.45) is 8.83. The fraction of sp³-hybridized carbons (Fsp3) is 0.105. The molecule has 0 saturated heterocycles. The van der Waals surface area contributed by atoms with Crippen LogP contribution in [0.25, 0.3) is 55.3 Å². The minimum absolute atomic E-state index is 0.493. The van der Waals surface area contributed by atoms with E-state index in [0.717, 1.165) is 12.8 Å². The van der Waals surface area contributed by atoms with Gasteiger partial charge in [0.2, 0.25) is 0 Å². The van der Waals surface area contributed by atoms with Crippen molar-refractivity contribution in [1.82, 2.24) is 4.57 Å². The average Bonchev–Trinajstić information content (AvgIpc) is 3.25. The zero-order valence-corrected chi connectivity index (χ0v) is 22.1. The highest BCUT2D eigenvalue weighted by Gasteiger charge is 2.23. The fourth-order valence-electron chi connectivity index (χ4n) is 6.80. The van der Waals surface area contributed by atoms with Crippen LogP contribution < -0.4 is 0 Å². The quantitative estimate of drug-likeness (QED) is 0.228. The van der Waals surface area contributed by atoms with Gasteiger partial charge in [-0.05, 0) is 93.6 Å². The van der Waals surface area contributed by atoms with Crippen molar-refractivity contribution in [2.24, 2.45) is 5.92 Å². The van der Waals surface area contributed by atoms with Crippen LogP contribution in [-0.2, 0) is 6.42 Å². The molecule has 1 heterocycles. The summed E-state index contributed by atoms with van der Waals surface area (Å²) in [7, 11) is 0. The Morgan fingerprint density at radius 2 is 1.33 bits per heavy atom. The number of aromatic nitrogens is 1. The molecular weight excluding hydrogens is 470 g/mol. The van der Waals surface area contributed by atoms with Gasteiger partial charge >= 0.3 is 0 Å². The van der Waals surface area contributed by atoms with Gasteiger partial charge in [-0.2, -0.15) is 0 Å². The summed E-state index contributed by atoms with van der Waals surface area (Å²) in [5, 5.41) is 2.76. The minimum atomic E-state index is 0.493. The number of hydrogen-bond donors (Lipinski definition) is 0. The predicted molar refractivity (Wildman–Crippen MR) is 165 cm³/mol. The number of fused-ring (bicyclic) bond motifs is 2. The molecule has 1 nitrogen and oxygen atoms in total. The standard InChI is InChI=1S/C38H29N/c1-25-11-5-7-16-32(25)30-22-29(26-12-3-2-4-13-26)23-31(24-30)39-35-19-9-15-28-21-27-14-6-8-17-33(27)34-18-10-20-36(39)38(34)37(28)35/h2-10,12-20,22-25H,11,21H2,1H3. The number of rotatable bonds is 3. The monoisotopic (exact) mass is 499 g/mol. The molecule has 0 N–H and O–H groups in total. The van der Waals surface area contributed by atoms with E-state index in [-0.39, 0.29) is 0 Å². The summed E-state index contributed by atoms with van der Waals surface area (Å²) < 4.78 is 2.51. The maximum absolute atomic E-state index is 2.51. The molecule has 2 aliphatic rings. The molecule has 186 valence electrons. The largest absolute Gasteiger partial charge is 0.309 e. The van der Waals surface area contributed by atoms with E-state index in [1.165, 1.54) is 72.0 Å². The number of hydrogen-bond acceptors (Lipinski definition) is 0. The molecule has 6 aromatic rings. The molecule has 0 spiro atoms. The van der Waals surface area contributed by atoms with E-state index in [4.69, 9.17) is 0 Å². The number of nitrogens with zero attached hydrogens (tertiary/aromatic N) is 1. The topological polar surface area (TPSA) is 4.93 Å². The van der Waals surface area contributed by atoms with E-state index in [2.05, 4.69) is 139 Å². The number of benzene rings is 5. The summed E-state index contributed by atoms with van der Waals surface area (Å²) >= 11 is 0. The molecule has 1 heteroatoms. The summed E-state index contributed by atoms with van der Waals surface area (Å²) in [4.78, 5) is 0. The zero-order chi connectivity index (χ0) is 25.9. The number of allylic oxidation sites excluding steroid dienone is 4. The summed E-state index contributed by atoms with van der Waals surface area (Å²) in [5.74, 6) is 0.493. The fourth-order valence-corrected chi connectivity index (χ4v) is 6.80. The van der Waals surface area contributed by atoms with Crippen LogP contribution in [0.4, 0.5) is 0 Å². The highest BCUT2D eigenvalue weighted by atomic mass is 15.0. The molecule has 1 atom stereocenters. The molecule has 5 aromatic carbocycles. The molecule has 1 aromatic heterocycles. The lowest BCUT2D eigenvalue weighted by atomic mass is 9.86. The maximum atomic E-state index is 2.51. The predicted octanol–water partition coefficient (Wildman–Crippen LogP) is 10.0. The van der Waals surface area contributed by atoms with E-state index in [1.54, 1.807) is 0 Å². The summed E-state index contributed by atoms with van der Waals surface area (Å²) in [5.41, 5.74) is 14.5. The smallest absolute Gasteiger partial charge is 0.0547 e. The molecule has 1 unspecified atom stereocenters. The normalized spacial score (nSPS) is 15.9. The van der Waals surface area contributed by atoms with Crippen molar-refractivity contribution < 1.29 is 0 Å². The van der Waals surface area contributed by atoms with Gasteiger partial charge in [-0.3, -0.25) is 0 Å². The molecule has 0 saturated carbocycles. The van der Waals surface area contributed by atoms with Gasteiger partial charge in [-0.1, -0.05) is 104 Å². The molecule has 0 amide bonds. The summed E-state index contributed by atoms with van der Waals surface area (Å²) in [6.45, 7) is 2.34. The Balaban J connectivity index is 1.47. The van der Waals surface area contributed by atoms with E-state index in [9.17, 15) is 0 Å². The van der Waals surface area contributed by atoms with Gasteiger partial charge < -0.3 is 4.57 Å². The maximum Gasteiger partial charge on any atom is 0.0547 e. The first kappa shape index (κ1) is 22.4. The van der Waals surface area contributed by atoms with Gasteiger partial charge in [0.15, 0.2) is 0 Å². The van der Waals surface area contributed by atoms with Crippen molar-refractivity contribution in [2.45, 2.75) is 19.8 Å². The Labute approximate surface area is 229 Å². The van der Waals surface area contributed by atoms with Gasteiger partial charge in [0, 0.05) is 16.5 Å². The Hall–Kier alpha value is -4.62. The van der Waals surface area contributed by atoms with Gasteiger partial charge in [-0.15, -0.1) is 0 Å². The van der Waals surface area contributed by atoms with E-state index >= 15 is 0 Å². The van der Waals surface area contributed by atoms with Crippen LogP contribution in [0.5, 0.6) is 0 Å². The van der Waals surface area contributed by atoms with Crippen LogP contribution in [0.3, 0.4) is 0 Å². The lowest BCUT2D eigenvalue weighted by Crippen LogP contribution is -2.03. The molecule has 0 fully saturated rings. The Morgan fingerprint density at radius 3 is 2.21 bits per heavy atom. The molecule has 0 bridgehead atoms. The van der Waals surface area contributed by atoms with Crippen molar-refractivity contribution in [3.63, 3.8) is 0 Å². The Bertz CT molecular complexity index is 1970. The molecule has 2 aliphatic carbocycles. The Morgan fingerprint density at radius 1 is 0.615 bits per heavy atom. The minimum Gasteiger partial charge on any atom is -0.309 e. The van der Waals surface area contributed by atoms with E-state index in [0.29, 0.717) is 5.92 Å². The van der Waals surface area contributed by atoms with Crippen molar-refractivity contribution in [1.29, 1.82) is 0 Å². The van der Waals surface area contributed by atoms with Crippen molar-refractivity contribution in [2.75, 3.05) is 0 Å². The third-order valence-electron chi connectivity index (χ3n) is 8.64. The first-order valence-corrected chi connectivity index (χ1v) is 14.0. The molecular formula is C38H29N. The van der Waals surface area contributed by atoms with Crippen LogP contribution in [0, 0.1) is 5.92 Å². The zero-order valence-electron chi connectivity index (χ0n) is 22.1. The van der Waals surface area contributed by atoms with Gasteiger partial charge in [0.05, 0.1) is 11.0 Å². The average molecular weight is 500 g/mol. The second-order valence-electron chi connectivity index (χ2n) is 11.0. The summed E-state index contributed by atoms with van der Waals surface area (Å²) in [6, 6.07) is 40.6. The molecule has 8 rings (SSSR count). The van der Waals surface area contributed by atoms with Crippen molar-refractivity contribution in [3.8, 4) is 27.9 Å². The molecule has 0 aliphatic heterocycles. The van der Waals surface area contributed by atoms with Crippen LogP contribution >= 0.6 is 0 Å². The highest BCUT2D eigenvalue weighted by molar-refractivity contribution is 6.18. The van der Waals surface area contributed by atoms with Gasteiger partial charge in [-0.25, -0.2) is 0 Å². The second-order valence-corrected chi connectivity index (χ2v) is 11.0. The van der Waals surface area contributed by atoms with Crippen LogP contribution in [0.2, 0.25) is 0 Å². The first-order valence-electron chi connectivity index (χ1n) is 14.0. The van der Waals surface area contributed by atoms with Gasteiger partial charge in [0.1, 0.15) is 0 Å². The molecule has 0 radical (unpaired) electrons. The van der Waals surface area contributed by atoms with Crippen LogP contribution in [-0.4, -0.2) is 4.57 Å². The third kappa shape index (κ3) is 3.47. The lowest BCUT2D eigenvalue weighted by Gasteiger charge is -2.20. The van der Waals surface area contributed by atoms with Gasteiger partial charge in [0.25, 0.3) is 0 Å². The second kappa shape index (κ2) is 8.71. The van der Waals surface area contributed by atoms with Crippen molar-refractivity contribution >= 4 is 27.4 Å². The van der Waals surface area contributed by atoms with E-state index in [1.807, 2.05) is 0 Å².